The molecule has 2 N–H and O–H groups in total. The van der Waals surface area contributed by atoms with E-state index in [0.29, 0.717) is 6.07 Å². The lowest BCUT2D eigenvalue weighted by atomic mass is 10.1. The molecule has 2 rings (SSSR count). The topological polar surface area (TPSA) is 109 Å². The normalized spacial score (nSPS) is 12.0. The Kier molecular flexibility index (Phi) is 5.50. The Morgan fingerprint density at radius 1 is 1.31 bits per heavy atom. The number of pyridine rings is 2. The van der Waals surface area contributed by atoms with E-state index in [0.717, 1.165) is 6.20 Å². The van der Waals surface area contributed by atoms with Gasteiger partial charge >= 0.3 is 12.1 Å². The van der Waals surface area contributed by atoms with Gasteiger partial charge in [-0.2, -0.15) is 13.2 Å². The fourth-order valence-corrected chi connectivity index (χ4v) is 3.10. The molecule has 0 aliphatic rings. The van der Waals surface area contributed by atoms with Gasteiger partial charge < -0.3 is 10.4 Å². The van der Waals surface area contributed by atoms with Crippen molar-refractivity contribution >= 4 is 21.6 Å². The van der Waals surface area contributed by atoms with Crippen molar-refractivity contribution in [3.8, 4) is 0 Å². The third-order valence-electron chi connectivity index (χ3n) is 3.44. The molecule has 0 atom stereocenters. The fourth-order valence-electron chi connectivity index (χ4n) is 2.09. The van der Waals surface area contributed by atoms with E-state index in [-0.39, 0.29) is 28.6 Å². The van der Waals surface area contributed by atoms with E-state index < -0.39 is 33.2 Å². The molecule has 2 heterocycles. The van der Waals surface area contributed by atoms with Gasteiger partial charge in [0.25, 0.3) is 0 Å². The standard InChI is InChI=1S/C15H14F3N3O4S/c1-2-26(24,25)11-4-3-5-19-13(11)21-8-9-7-20-12(15(16,17)18)6-10(9)14(22)23/h3-7H,2,8H2,1H3,(H,19,21)(H,22,23). The molecule has 140 valence electrons. The number of carboxylic acid groups (broad SMARTS) is 1. The van der Waals surface area contributed by atoms with Gasteiger partial charge in [-0.1, -0.05) is 6.92 Å². The summed E-state index contributed by atoms with van der Waals surface area (Å²) >= 11 is 0. The van der Waals surface area contributed by atoms with E-state index in [1.54, 1.807) is 0 Å². The van der Waals surface area contributed by atoms with Gasteiger partial charge in [-0.25, -0.2) is 18.2 Å². The number of halogens is 3. The summed E-state index contributed by atoms with van der Waals surface area (Å²) in [5.41, 5.74) is -1.96. The first-order valence-electron chi connectivity index (χ1n) is 7.27. The number of aromatic nitrogens is 2. The summed E-state index contributed by atoms with van der Waals surface area (Å²) in [6, 6.07) is 3.19. The summed E-state index contributed by atoms with van der Waals surface area (Å²) in [7, 11) is -3.59. The molecule has 7 nitrogen and oxygen atoms in total. The van der Waals surface area contributed by atoms with Crippen molar-refractivity contribution in [2.24, 2.45) is 0 Å². The maximum absolute atomic E-state index is 12.7. The molecule has 0 aliphatic heterocycles. The summed E-state index contributed by atoms with van der Waals surface area (Å²) in [6.45, 7) is 1.18. The maximum Gasteiger partial charge on any atom is 0.433 e. The Bertz CT molecular complexity index is 930. The smallest absolute Gasteiger partial charge is 0.433 e. The number of alkyl halides is 3. The average Bonchev–Trinajstić information content (AvgIpc) is 2.59. The summed E-state index contributed by atoms with van der Waals surface area (Å²) in [5.74, 6) is -1.75. The van der Waals surface area contributed by atoms with Crippen molar-refractivity contribution in [2.45, 2.75) is 24.5 Å². The molecule has 0 radical (unpaired) electrons. The van der Waals surface area contributed by atoms with Crippen LogP contribution in [0, 0.1) is 0 Å². The van der Waals surface area contributed by atoms with Gasteiger partial charge in [0.05, 0.1) is 11.3 Å². The second-order valence-electron chi connectivity index (χ2n) is 5.14. The van der Waals surface area contributed by atoms with Crippen molar-refractivity contribution in [2.75, 3.05) is 11.1 Å². The van der Waals surface area contributed by atoms with Crippen LogP contribution in [-0.4, -0.2) is 35.2 Å². The monoisotopic (exact) mass is 389 g/mol. The zero-order valence-electron chi connectivity index (χ0n) is 13.4. The number of nitrogens with one attached hydrogen (secondary N) is 1. The molecular formula is C15H14F3N3O4S. The molecular weight excluding hydrogens is 375 g/mol. The Labute approximate surface area is 146 Å². The first-order valence-corrected chi connectivity index (χ1v) is 8.92. The first kappa shape index (κ1) is 19.6. The second-order valence-corrected chi connectivity index (χ2v) is 7.38. The highest BCUT2D eigenvalue weighted by Gasteiger charge is 2.33. The number of carboxylic acids is 1. The Balaban J connectivity index is 2.36. The van der Waals surface area contributed by atoms with Crippen LogP contribution in [0.3, 0.4) is 0 Å². The number of hydrogen-bond acceptors (Lipinski definition) is 6. The van der Waals surface area contributed by atoms with Gasteiger partial charge in [0.15, 0.2) is 9.84 Å². The number of rotatable bonds is 6. The molecule has 0 amide bonds. The number of aromatic carboxylic acids is 1. The minimum atomic E-state index is -4.78. The van der Waals surface area contributed by atoms with Crippen LogP contribution in [0.2, 0.25) is 0 Å². The Morgan fingerprint density at radius 2 is 2.00 bits per heavy atom. The minimum absolute atomic E-state index is 0.0226. The molecule has 0 aliphatic carbocycles. The van der Waals surface area contributed by atoms with E-state index >= 15 is 0 Å². The van der Waals surface area contributed by atoms with E-state index in [2.05, 4.69) is 15.3 Å². The molecule has 2 aromatic rings. The third kappa shape index (κ3) is 4.28. The van der Waals surface area contributed by atoms with Crippen LogP contribution >= 0.6 is 0 Å². The van der Waals surface area contributed by atoms with Gasteiger partial charge in [-0.15, -0.1) is 0 Å². The number of sulfone groups is 1. The van der Waals surface area contributed by atoms with Crippen LogP contribution in [0.15, 0.2) is 35.5 Å². The quantitative estimate of drug-likeness (QED) is 0.781. The number of nitrogens with zero attached hydrogens (tertiary/aromatic N) is 2. The maximum atomic E-state index is 12.7. The molecule has 11 heteroatoms. The molecule has 0 spiro atoms. The fraction of sp³-hybridized carbons (Fsp3) is 0.267. The van der Waals surface area contributed by atoms with Crippen LogP contribution in [0.5, 0.6) is 0 Å². The van der Waals surface area contributed by atoms with Crippen molar-refractivity contribution in [3.05, 3.63) is 47.4 Å². The third-order valence-corrected chi connectivity index (χ3v) is 5.20. The largest absolute Gasteiger partial charge is 0.478 e. The lowest BCUT2D eigenvalue weighted by Gasteiger charge is -2.13. The number of carbonyl (C=O) groups is 1. The van der Waals surface area contributed by atoms with Crippen LogP contribution in [-0.2, 0) is 22.6 Å². The summed E-state index contributed by atoms with van der Waals surface area (Å²) in [6.07, 6.45) is -2.66. The van der Waals surface area contributed by atoms with Crippen molar-refractivity contribution in [3.63, 3.8) is 0 Å². The summed E-state index contributed by atoms with van der Waals surface area (Å²) in [4.78, 5) is 18.3. The van der Waals surface area contributed by atoms with Gasteiger partial charge in [-0.05, 0) is 18.2 Å². The SMILES string of the molecule is CCS(=O)(=O)c1cccnc1NCc1cnc(C(F)(F)F)cc1C(=O)O. The number of anilines is 1. The molecule has 2 aromatic heterocycles. The first-order chi connectivity index (χ1) is 12.1. The highest BCUT2D eigenvalue weighted by atomic mass is 32.2. The molecule has 0 fully saturated rings. The van der Waals surface area contributed by atoms with Crippen LogP contribution in [0.1, 0.15) is 28.5 Å². The molecule has 0 saturated heterocycles. The van der Waals surface area contributed by atoms with Crippen LogP contribution in [0.25, 0.3) is 0 Å². The summed E-state index contributed by atoms with van der Waals surface area (Å²) in [5, 5.41) is 11.8. The average molecular weight is 389 g/mol. The van der Waals surface area contributed by atoms with Gasteiger partial charge in [0.2, 0.25) is 0 Å². The predicted octanol–water partition coefficient (Wildman–Crippen LogP) is 2.60. The van der Waals surface area contributed by atoms with Gasteiger partial charge in [0, 0.05) is 24.5 Å². The zero-order chi connectivity index (χ0) is 19.5. The molecule has 0 aromatic carbocycles. The Hall–Kier alpha value is -2.69. The van der Waals surface area contributed by atoms with E-state index in [4.69, 9.17) is 5.11 Å². The van der Waals surface area contributed by atoms with Crippen LogP contribution in [0.4, 0.5) is 19.0 Å². The second kappa shape index (κ2) is 7.28. The van der Waals surface area contributed by atoms with Gasteiger partial charge in [-0.3, -0.25) is 4.98 Å². The Morgan fingerprint density at radius 3 is 2.58 bits per heavy atom. The van der Waals surface area contributed by atoms with Crippen molar-refractivity contribution in [1.29, 1.82) is 0 Å². The molecule has 26 heavy (non-hydrogen) atoms. The van der Waals surface area contributed by atoms with Gasteiger partial charge in [0.1, 0.15) is 16.4 Å². The van der Waals surface area contributed by atoms with E-state index in [1.165, 1.54) is 25.3 Å². The van der Waals surface area contributed by atoms with Crippen molar-refractivity contribution in [1.82, 2.24) is 9.97 Å². The summed E-state index contributed by atoms with van der Waals surface area (Å²) < 4.78 is 62.2. The molecule has 0 saturated carbocycles. The van der Waals surface area contributed by atoms with E-state index in [1.807, 2.05) is 0 Å². The lowest BCUT2D eigenvalue weighted by molar-refractivity contribution is -0.141. The minimum Gasteiger partial charge on any atom is -0.478 e. The highest BCUT2D eigenvalue weighted by molar-refractivity contribution is 7.91. The van der Waals surface area contributed by atoms with E-state index in [9.17, 15) is 26.4 Å². The predicted molar refractivity (Wildman–Crippen MR) is 85.5 cm³/mol. The van der Waals surface area contributed by atoms with Crippen molar-refractivity contribution < 1.29 is 31.5 Å². The van der Waals surface area contributed by atoms with Crippen LogP contribution < -0.4 is 5.32 Å². The highest BCUT2D eigenvalue weighted by Crippen LogP contribution is 2.29. The molecule has 0 unspecified atom stereocenters. The number of hydrogen-bond donors (Lipinski definition) is 2. The molecule has 0 bridgehead atoms. The lowest BCUT2D eigenvalue weighted by Crippen LogP contribution is -2.15. The zero-order valence-corrected chi connectivity index (χ0v) is 14.2.